The van der Waals surface area contributed by atoms with Gasteiger partial charge < -0.3 is 11.1 Å². The summed E-state index contributed by atoms with van der Waals surface area (Å²) in [7, 11) is 0. The summed E-state index contributed by atoms with van der Waals surface area (Å²) in [6.07, 6.45) is 0. The summed E-state index contributed by atoms with van der Waals surface area (Å²) in [5.41, 5.74) is 7.07. The molecule has 0 fully saturated rings. The first-order valence-corrected chi connectivity index (χ1v) is 5.99. The molecule has 1 rings (SSSR count). The summed E-state index contributed by atoms with van der Waals surface area (Å²) in [5.74, 6) is 0.597. The molecule has 0 radical (unpaired) electrons. The van der Waals surface area contributed by atoms with E-state index in [-0.39, 0.29) is 0 Å². The standard InChI is InChI=1S/C11H20N2S/c1-8(2)10(6-12)13-7-11-9(3)4-5-14-11/h4-5,8,10,13H,6-7,12H2,1-3H3. The fourth-order valence-electron chi connectivity index (χ4n) is 1.40. The van der Waals surface area contributed by atoms with Gasteiger partial charge in [-0.1, -0.05) is 13.8 Å². The number of hydrogen-bond acceptors (Lipinski definition) is 3. The smallest absolute Gasteiger partial charge is 0.0305 e. The zero-order valence-corrected chi connectivity index (χ0v) is 10.0. The van der Waals surface area contributed by atoms with E-state index in [9.17, 15) is 0 Å². The van der Waals surface area contributed by atoms with E-state index in [0.29, 0.717) is 18.5 Å². The fourth-order valence-corrected chi connectivity index (χ4v) is 2.26. The third-order valence-corrected chi connectivity index (χ3v) is 3.57. The Morgan fingerprint density at radius 3 is 2.64 bits per heavy atom. The number of nitrogens with one attached hydrogen (secondary N) is 1. The van der Waals surface area contributed by atoms with E-state index in [1.54, 1.807) is 0 Å². The number of thiophene rings is 1. The maximum Gasteiger partial charge on any atom is 0.0305 e. The van der Waals surface area contributed by atoms with Crippen LogP contribution in [0.4, 0.5) is 0 Å². The minimum Gasteiger partial charge on any atom is -0.329 e. The number of nitrogens with two attached hydrogens (primary N) is 1. The normalized spacial score (nSPS) is 13.5. The SMILES string of the molecule is Cc1ccsc1CNC(CN)C(C)C. The largest absolute Gasteiger partial charge is 0.329 e. The summed E-state index contributed by atoms with van der Waals surface area (Å²) in [4.78, 5) is 1.42. The Balaban J connectivity index is 2.43. The van der Waals surface area contributed by atoms with Gasteiger partial charge in [0.05, 0.1) is 0 Å². The highest BCUT2D eigenvalue weighted by Crippen LogP contribution is 2.15. The molecule has 0 saturated carbocycles. The molecule has 80 valence electrons. The van der Waals surface area contributed by atoms with E-state index < -0.39 is 0 Å². The van der Waals surface area contributed by atoms with Crippen molar-refractivity contribution in [1.82, 2.24) is 5.32 Å². The first kappa shape index (κ1) is 11.7. The van der Waals surface area contributed by atoms with Crippen molar-refractivity contribution in [2.24, 2.45) is 11.7 Å². The summed E-state index contributed by atoms with van der Waals surface area (Å²) in [5, 5.41) is 5.64. The van der Waals surface area contributed by atoms with Crippen LogP contribution in [0.15, 0.2) is 11.4 Å². The predicted molar refractivity (Wildman–Crippen MR) is 63.6 cm³/mol. The summed E-state index contributed by atoms with van der Waals surface area (Å²) >= 11 is 1.81. The van der Waals surface area contributed by atoms with E-state index in [1.165, 1.54) is 10.4 Å². The van der Waals surface area contributed by atoms with E-state index >= 15 is 0 Å². The van der Waals surface area contributed by atoms with Crippen LogP contribution in [-0.4, -0.2) is 12.6 Å². The van der Waals surface area contributed by atoms with Crippen LogP contribution in [-0.2, 0) is 6.54 Å². The molecule has 0 spiro atoms. The van der Waals surface area contributed by atoms with Gasteiger partial charge in [0.15, 0.2) is 0 Å². The van der Waals surface area contributed by atoms with Crippen LogP contribution in [0.5, 0.6) is 0 Å². The van der Waals surface area contributed by atoms with Gasteiger partial charge in [-0.15, -0.1) is 11.3 Å². The zero-order chi connectivity index (χ0) is 10.6. The lowest BCUT2D eigenvalue weighted by molar-refractivity contribution is 0.406. The average Bonchev–Trinajstić information content (AvgIpc) is 2.52. The maximum absolute atomic E-state index is 5.69. The lowest BCUT2D eigenvalue weighted by atomic mass is 10.0. The maximum atomic E-state index is 5.69. The Kier molecular flexibility index (Phi) is 4.58. The quantitative estimate of drug-likeness (QED) is 0.784. The lowest BCUT2D eigenvalue weighted by Crippen LogP contribution is -2.39. The third-order valence-electron chi connectivity index (χ3n) is 2.55. The van der Waals surface area contributed by atoms with Gasteiger partial charge in [0.25, 0.3) is 0 Å². The Hall–Kier alpha value is -0.380. The molecule has 1 unspecified atom stereocenters. The summed E-state index contributed by atoms with van der Waals surface area (Å²) in [6, 6.07) is 2.59. The fraction of sp³-hybridized carbons (Fsp3) is 0.636. The van der Waals surface area contributed by atoms with Crippen LogP contribution in [0, 0.1) is 12.8 Å². The minimum atomic E-state index is 0.427. The van der Waals surface area contributed by atoms with Gasteiger partial charge in [0, 0.05) is 24.0 Å². The average molecular weight is 212 g/mol. The molecule has 0 saturated heterocycles. The van der Waals surface area contributed by atoms with E-state index in [2.05, 4.69) is 37.5 Å². The molecule has 1 aromatic heterocycles. The Labute approximate surface area is 90.5 Å². The van der Waals surface area contributed by atoms with Crippen LogP contribution >= 0.6 is 11.3 Å². The van der Waals surface area contributed by atoms with Gasteiger partial charge >= 0.3 is 0 Å². The highest BCUT2D eigenvalue weighted by molar-refractivity contribution is 7.10. The molecule has 3 heteroatoms. The zero-order valence-electron chi connectivity index (χ0n) is 9.21. The first-order valence-electron chi connectivity index (χ1n) is 5.11. The van der Waals surface area contributed by atoms with Gasteiger partial charge in [-0.3, -0.25) is 0 Å². The molecule has 1 heterocycles. The van der Waals surface area contributed by atoms with Gasteiger partial charge in [-0.2, -0.15) is 0 Å². The van der Waals surface area contributed by atoms with E-state index in [1.807, 2.05) is 11.3 Å². The predicted octanol–water partition coefficient (Wildman–Crippen LogP) is 2.13. The molecule has 1 atom stereocenters. The van der Waals surface area contributed by atoms with Crippen molar-refractivity contribution in [3.05, 3.63) is 21.9 Å². The van der Waals surface area contributed by atoms with Gasteiger partial charge in [-0.25, -0.2) is 0 Å². The van der Waals surface area contributed by atoms with Crippen LogP contribution in [0.25, 0.3) is 0 Å². The second-order valence-corrected chi connectivity index (χ2v) is 4.99. The second-order valence-electron chi connectivity index (χ2n) is 3.99. The molecule has 0 aromatic carbocycles. The van der Waals surface area contributed by atoms with E-state index in [0.717, 1.165) is 6.54 Å². The molecule has 0 aliphatic rings. The minimum absolute atomic E-state index is 0.427. The van der Waals surface area contributed by atoms with E-state index in [4.69, 9.17) is 5.73 Å². The molecule has 0 amide bonds. The topological polar surface area (TPSA) is 38.0 Å². The van der Waals surface area contributed by atoms with Crippen molar-refractivity contribution in [3.8, 4) is 0 Å². The van der Waals surface area contributed by atoms with Crippen LogP contribution < -0.4 is 11.1 Å². The molecule has 0 bridgehead atoms. The summed E-state index contributed by atoms with van der Waals surface area (Å²) in [6.45, 7) is 8.21. The highest BCUT2D eigenvalue weighted by Gasteiger charge is 2.10. The number of rotatable bonds is 5. The highest BCUT2D eigenvalue weighted by atomic mass is 32.1. The molecular weight excluding hydrogens is 192 g/mol. The first-order chi connectivity index (χ1) is 6.65. The van der Waals surface area contributed by atoms with Crippen molar-refractivity contribution < 1.29 is 0 Å². The Morgan fingerprint density at radius 2 is 2.21 bits per heavy atom. The van der Waals surface area contributed by atoms with Crippen LogP contribution in [0.2, 0.25) is 0 Å². The van der Waals surface area contributed by atoms with Gasteiger partial charge in [0.2, 0.25) is 0 Å². The number of hydrogen-bond donors (Lipinski definition) is 2. The molecule has 14 heavy (non-hydrogen) atoms. The van der Waals surface area contributed by atoms with Gasteiger partial charge in [0.1, 0.15) is 0 Å². The number of aryl methyl sites for hydroxylation is 1. The van der Waals surface area contributed by atoms with Crippen LogP contribution in [0.3, 0.4) is 0 Å². The van der Waals surface area contributed by atoms with Crippen molar-refractivity contribution in [3.63, 3.8) is 0 Å². The Bertz CT molecular complexity index is 268. The third kappa shape index (κ3) is 3.08. The molecule has 3 N–H and O–H groups in total. The molecule has 2 nitrogen and oxygen atoms in total. The van der Waals surface area contributed by atoms with Crippen molar-refractivity contribution in [2.45, 2.75) is 33.4 Å². The summed E-state index contributed by atoms with van der Waals surface area (Å²) < 4.78 is 0. The monoisotopic (exact) mass is 212 g/mol. The Morgan fingerprint density at radius 1 is 1.50 bits per heavy atom. The molecule has 0 aliphatic carbocycles. The van der Waals surface area contributed by atoms with Crippen molar-refractivity contribution >= 4 is 11.3 Å². The molecule has 1 aromatic rings. The molecule has 0 aliphatic heterocycles. The lowest BCUT2D eigenvalue weighted by Gasteiger charge is -2.20. The molecular formula is C11H20N2S. The van der Waals surface area contributed by atoms with Crippen molar-refractivity contribution in [2.75, 3.05) is 6.54 Å². The second kappa shape index (κ2) is 5.49. The van der Waals surface area contributed by atoms with Crippen molar-refractivity contribution in [1.29, 1.82) is 0 Å². The van der Waals surface area contributed by atoms with Gasteiger partial charge in [-0.05, 0) is 29.9 Å². The van der Waals surface area contributed by atoms with Crippen LogP contribution in [0.1, 0.15) is 24.3 Å².